The maximum Gasteiger partial charge on any atom is 0.326 e. The minimum Gasteiger partial charge on any atom is -0.480 e. The van der Waals surface area contributed by atoms with Crippen molar-refractivity contribution in [3.8, 4) is 0 Å². The van der Waals surface area contributed by atoms with Crippen molar-refractivity contribution in [2.45, 2.75) is 45.2 Å². The zero-order valence-corrected chi connectivity index (χ0v) is 12.0. The average molecular weight is 284 g/mol. The lowest BCUT2D eigenvalue weighted by Crippen LogP contribution is -2.46. The van der Waals surface area contributed by atoms with Gasteiger partial charge in [-0.15, -0.1) is 0 Å². The highest BCUT2D eigenvalue weighted by Crippen LogP contribution is 2.15. The molecule has 0 saturated carbocycles. The molecule has 0 bridgehead atoms. The molecule has 0 saturated heterocycles. The van der Waals surface area contributed by atoms with Crippen molar-refractivity contribution < 1.29 is 14.7 Å². The van der Waals surface area contributed by atoms with E-state index in [0.717, 1.165) is 18.4 Å². The molecular formula is C13H20N2O3S. The molecule has 2 atom stereocenters. The lowest BCUT2D eigenvalue weighted by atomic mass is 10.1. The summed E-state index contributed by atoms with van der Waals surface area (Å²) in [7, 11) is 0. The summed E-state index contributed by atoms with van der Waals surface area (Å²) in [5.74, 6) is -0.994. The second-order valence-electron chi connectivity index (χ2n) is 4.43. The molecular weight excluding hydrogens is 264 g/mol. The summed E-state index contributed by atoms with van der Waals surface area (Å²) in [5.41, 5.74) is 1.01. The van der Waals surface area contributed by atoms with Crippen LogP contribution in [0.15, 0.2) is 16.8 Å². The summed E-state index contributed by atoms with van der Waals surface area (Å²) >= 11 is 1.56. The van der Waals surface area contributed by atoms with Gasteiger partial charge in [-0.3, -0.25) is 0 Å². The molecule has 3 N–H and O–H groups in total. The van der Waals surface area contributed by atoms with Gasteiger partial charge in [0.1, 0.15) is 6.04 Å². The van der Waals surface area contributed by atoms with Gasteiger partial charge in [-0.2, -0.15) is 11.3 Å². The molecule has 0 aliphatic carbocycles. The predicted molar refractivity (Wildman–Crippen MR) is 75.4 cm³/mol. The maximum absolute atomic E-state index is 11.7. The van der Waals surface area contributed by atoms with E-state index in [1.807, 2.05) is 30.7 Å². The minimum absolute atomic E-state index is 0.133. The van der Waals surface area contributed by atoms with Crippen LogP contribution >= 0.6 is 11.3 Å². The number of carboxylic acids is 1. The molecule has 0 spiro atoms. The van der Waals surface area contributed by atoms with E-state index in [2.05, 4.69) is 10.6 Å². The zero-order chi connectivity index (χ0) is 14.3. The van der Waals surface area contributed by atoms with E-state index in [1.165, 1.54) is 0 Å². The minimum atomic E-state index is -0.994. The van der Waals surface area contributed by atoms with E-state index in [0.29, 0.717) is 6.42 Å². The largest absolute Gasteiger partial charge is 0.480 e. The highest BCUT2D eigenvalue weighted by Gasteiger charge is 2.20. The van der Waals surface area contributed by atoms with Crippen LogP contribution in [0, 0.1) is 0 Å². The molecule has 2 unspecified atom stereocenters. The molecule has 1 aromatic heterocycles. The van der Waals surface area contributed by atoms with Gasteiger partial charge >= 0.3 is 12.0 Å². The topological polar surface area (TPSA) is 78.4 Å². The van der Waals surface area contributed by atoms with Crippen LogP contribution in [0.5, 0.6) is 0 Å². The first kappa shape index (κ1) is 15.5. The van der Waals surface area contributed by atoms with Crippen LogP contribution < -0.4 is 10.6 Å². The molecule has 0 aliphatic rings. The summed E-state index contributed by atoms with van der Waals surface area (Å²) in [6, 6.07) is 0.533. The van der Waals surface area contributed by atoms with Crippen molar-refractivity contribution >= 4 is 23.3 Å². The van der Waals surface area contributed by atoms with Crippen LogP contribution in [0.1, 0.15) is 44.7 Å². The highest BCUT2D eigenvalue weighted by atomic mass is 32.1. The third kappa shape index (κ3) is 5.30. The van der Waals surface area contributed by atoms with E-state index in [9.17, 15) is 9.59 Å². The van der Waals surface area contributed by atoms with Crippen LogP contribution in [-0.4, -0.2) is 23.1 Å². The number of thiophene rings is 1. The van der Waals surface area contributed by atoms with Crippen LogP contribution in [-0.2, 0) is 4.79 Å². The summed E-state index contributed by atoms with van der Waals surface area (Å²) in [5, 5.41) is 18.2. The Kier molecular flexibility index (Phi) is 6.35. The summed E-state index contributed by atoms with van der Waals surface area (Å²) in [4.78, 5) is 22.8. The number of unbranched alkanes of at least 4 members (excludes halogenated alkanes) is 1. The van der Waals surface area contributed by atoms with Gasteiger partial charge in [0.25, 0.3) is 0 Å². The van der Waals surface area contributed by atoms with Crippen molar-refractivity contribution in [2.24, 2.45) is 0 Å². The third-order valence-electron chi connectivity index (χ3n) is 2.84. The van der Waals surface area contributed by atoms with Gasteiger partial charge in [-0.25, -0.2) is 9.59 Å². The highest BCUT2D eigenvalue weighted by molar-refractivity contribution is 7.07. The number of hydrogen-bond acceptors (Lipinski definition) is 3. The van der Waals surface area contributed by atoms with Gasteiger partial charge in [-0.1, -0.05) is 19.8 Å². The van der Waals surface area contributed by atoms with Crippen LogP contribution in [0.25, 0.3) is 0 Å². The van der Waals surface area contributed by atoms with Gasteiger partial charge in [0, 0.05) is 0 Å². The fourth-order valence-corrected chi connectivity index (χ4v) is 2.42. The average Bonchev–Trinajstić information content (AvgIpc) is 2.87. The Morgan fingerprint density at radius 1 is 1.42 bits per heavy atom. The number of carboxylic acid groups (broad SMARTS) is 1. The second-order valence-corrected chi connectivity index (χ2v) is 5.21. The molecule has 0 radical (unpaired) electrons. The zero-order valence-electron chi connectivity index (χ0n) is 11.2. The van der Waals surface area contributed by atoms with Crippen molar-refractivity contribution in [3.63, 3.8) is 0 Å². The third-order valence-corrected chi connectivity index (χ3v) is 3.54. The molecule has 6 heteroatoms. The molecule has 0 fully saturated rings. The number of carbonyl (C=O) groups is 2. The van der Waals surface area contributed by atoms with Crippen molar-refractivity contribution in [2.75, 3.05) is 0 Å². The maximum atomic E-state index is 11.7. The molecule has 106 valence electrons. The summed E-state index contributed by atoms with van der Waals surface area (Å²) in [6.07, 6.45) is 2.13. The van der Waals surface area contributed by atoms with Crippen LogP contribution in [0.4, 0.5) is 4.79 Å². The van der Waals surface area contributed by atoms with Crippen molar-refractivity contribution in [3.05, 3.63) is 22.4 Å². The van der Waals surface area contributed by atoms with E-state index >= 15 is 0 Å². The van der Waals surface area contributed by atoms with Gasteiger partial charge in [0.15, 0.2) is 0 Å². The standard InChI is InChI=1S/C13H20N2O3S/c1-3-4-5-11(12(16)17)15-13(18)14-9(2)10-6-7-19-8-10/h6-9,11H,3-5H2,1-2H3,(H,16,17)(H2,14,15,18). The molecule has 2 amide bonds. The Morgan fingerprint density at radius 2 is 2.16 bits per heavy atom. The first-order chi connectivity index (χ1) is 9.04. The number of amides is 2. The number of aliphatic carboxylic acids is 1. The Morgan fingerprint density at radius 3 is 2.68 bits per heavy atom. The van der Waals surface area contributed by atoms with E-state index in [4.69, 9.17) is 5.11 Å². The number of rotatable bonds is 7. The van der Waals surface area contributed by atoms with Crippen LogP contribution in [0.3, 0.4) is 0 Å². The van der Waals surface area contributed by atoms with Crippen molar-refractivity contribution in [1.29, 1.82) is 0 Å². The molecule has 1 aromatic rings. The Hall–Kier alpha value is -1.56. The van der Waals surface area contributed by atoms with E-state index < -0.39 is 18.0 Å². The van der Waals surface area contributed by atoms with Gasteiger partial charge < -0.3 is 15.7 Å². The number of urea groups is 1. The smallest absolute Gasteiger partial charge is 0.326 e. The fourth-order valence-electron chi connectivity index (χ4n) is 1.67. The Labute approximate surface area is 117 Å². The van der Waals surface area contributed by atoms with Crippen molar-refractivity contribution in [1.82, 2.24) is 10.6 Å². The first-order valence-corrected chi connectivity index (χ1v) is 7.30. The second kappa shape index (κ2) is 7.78. The molecule has 19 heavy (non-hydrogen) atoms. The van der Waals surface area contributed by atoms with Gasteiger partial charge in [-0.05, 0) is 35.7 Å². The molecule has 1 heterocycles. The number of hydrogen-bond donors (Lipinski definition) is 3. The van der Waals surface area contributed by atoms with E-state index in [1.54, 1.807) is 11.3 Å². The summed E-state index contributed by atoms with van der Waals surface area (Å²) in [6.45, 7) is 3.85. The van der Waals surface area contributed by atoms with Gasteiger partial charge in [0.05, 0.1) is 6.04 Å². The Bertz CT molecular complexity index is 406. The number of nitrogens with one attached hydrogen (secondary N) is 2. The lowest BCUT2D eigenvalue weighted by molar-refractivity contribution is -0.139. The predicted octanol–water partition coefficient (Wildman–Crippen LogP) is 2.75. The van der Waals surface area contributed by atoms with Gasteiger partial charge in [0.2, 0.25) is 0 Å². The lowest BCUT2D eigenvalue weighted by Gasteiger charge is -2.17. The van der Waals surface area contributed by atoms with E-state index in [-0.39, 0.29) is 6.04 Å². The molecule has 0 aromatic carbocycles. The normalized spacial score (nSPS) is 13.6. The monoisotopic (exact) mass is 284 g/mol. The summed E-state index contributed by atoms with van der Waals surface area (Å²) < 4.78 is 0. The molecule has 1 rings (SSSR count). The number of carbonyl (C=O) groups excluding carboxylic acids is 1. The molecule has 5 nitrogen and oxygen atoms in total. The first-order valence-electron chi connectivity index (χ1n) is 6.36. The fraction of sp³-hybridized carbons (Fsp3) is 0.538. The molecule has 0 aliphatic heterocycles. The Balaban J connectivity index is 2.46. The SMILES string of the molecule is CCCCC(NC(=O)NC(C)c1ccsc1)C(=O)O. The quantitative estimate of drug-likeness (QED) is 0.720. The van der Waals surface area contributed by atoms with Crippen LogP contribution in [0.2, 0.25) is 0 Å².